The molecule has 0 heterocycles. The van der Waals surface area contributed by atoms with Crippen molar-refractivity contribution in [2.45, 2.75) is 39.7 Å². The van der Waals surface area contributed by atoms with E-state index in [0.29, 0.717) is 6.42 Å². The number of hydrogen-bond donors (Lipinski definition) is 2. The van der Waals surface area contributed by atoms with Gasteiger partial charge in [0.15, 0.2) is 0 Å². The maximum Gasteiger partial charge on any atom is 0.224 e. The second-order valence-corrected chi connectivity index (χ2v) is 4.87. The molecule has 0 aliphatic heterocycles. The van der Waals surface area contributed by atoms with Crippen LogP contribution in [0.25, 0.3) is 0 Å². The highest BCUT2D eigenvalue weighted by atomic mass is 16.3. The van der Waals surface area contributed by atoms with E-state index in [1.807, 2.05) is 26.0 Å². The van der Waals surface area contributed by atoms with E-state index in [2.05, 4.69) is 24.4 Å². The molecule has 2 atom stereocenters. The summed E-state index contributed by atoms with van der Waals surface area (Å²) in [4.78, 5) is 11.9. The number of carbonyl (C=O) groups excluding carboxylic acids is 1. The zero-order chi connectivity index (χ0) is 13.5. The summed E-state index contributed by atoms with van der Waals surface area (Å²) < 4.78 is 0. The molecule has 0 radical (unpaired) electrons. The quantitative estimate of drug-likeness (QED) is 0.809. The largest absolute Gasteiger partial charge is 0.396 e. The predicted octanol–water partition coefficient (Wildman–Crippen LogP) is 1.92. The lowest BCUT2D eigenvalue weighted by atomic mass is 10.0. The van der Waals surface area contributed by atoms with E-state index in [-0.39, 0.29) is 24.5 Å². The highest BCUT2D eigenvalue weighted by Crippen LogP contribution is 2.07. The smallest absolute Gasteiger partial charge is 0.224 e. The third kappa shape index (κ3) is 4.49. The van der Waals surface area contributed by atoms with Crippen LogP contribution in [-0.2, 0) is 17.6 Å². The molecule has 2 unspecified atom stereocenters. The zero-order valence-electron chi connectivity index (χ0n) is 11.4. The summed E-state index contributed by atoms with van der Waals surface area (Å²) in [6.07, 6.45) is 1.38. The van der Waals surface area contributed by atoms with Gasteiger partial charge in [0.05, 0.1) is 6.42 Å². The Kier molecular flexibility index (Phi) is 5.86. The number of aryl methyl sites for hydroxylation is 1. The Labute approximate surface area is 109 Å². The Morgan fingerprint density at radius 2 is 2.00 bits per heavy atom. The van der Waals surface area contributed by atoms with Gasteiger partial charge in [-0.1, -0.05) is 38.1 Å². The first-order chi connectivity index (χ1) is 8.56. The summed E-state index contributed by atoms with van der Waals surface area (Å²) in [5.41, 5.74) is 2.28. The van der Waals surface area contributed by atoms with Crippen LogP contribution in [0.2, 0.25) is 0 Å². The number of aliphatic hydroxyl groups is 1. The number of aliphatic hydroxyl groups excluding tert-OH is 1. The minimum atomic E-state index is -0.00291. The molecule has 18 heavy (non-hydrogen) atoms. The molecule has 3 heteroatoms. The first-order valence-electron chi connectivity index (χ1n) is 6.54. The minimum absolute atomic E-state index is 0.00291. The van der Waals surface area contributed by atoms with Gasteiger partial charge < -0.3 is 10.4 Å². The zero-order valence-corrected chi connectivity index (χ0v) is 11.4. The van der Waals surface area contributed by atoms with Gasteiger partial charge in [-0.05, 0) is 30.4 Å². The fraction of sp³-hybridized carbons (Fsp3) is 0.533. The van der Waals surface area contributed by atoms with E-state index in [4.69, 9.17) is 5.11 Å². The van der Waals surface area contributed by atoms with Gasteiger partial charge in [0, 0.05) is 12.6 Å². The second kappa shape index (κ2) is 7.17. The number of nitrogens with one attached hydrogen (secondary N) is 1. The van der Waals surface area contributed by atoms with Crippen molar-refractivity contribution in [2.24, 2.45) is 5.92 Å². The predicted molar refractivity (Wildman–Crippen MR) is 73.4 cm³/mol. The lowest BCUT2D eigenvalue weighted by Gasteiger charge is -2.19. The molecule has 3 nitrogen and oxygen atoms in total. The molecule has 0 fully saturated rings. The molecule has 0 aliphatic carbocycles. The molecule has 1 rings (SSSR count). The topological polar surface area (TPSA) is 49.3 Å². The highest BCUT2D eigenvalue weighted by molar-refractivity contribution is 5.78. The summed E-state index contributed by atoms with van der Waals surface area (Å²) in [6.45, 7) is 6.03. The Balaban J connectivity index is 2.53. The Morgan fingerprint density at radius 3 is 2.61 bits per heavy atom. The Hall–Kier alpha value is -1.35. The van der Waals surface area contributed by atoms with Crippen molar-refractivity contribution in [3.05, 3.63) is 35.4 Å². The average molecular weight is 249 g/mol. The molecule has 100 valence electrons. The van der Waals surface area contributed by atoms with E-state index in [1.165, 1.54) is 5.56 Å². The molecule has 0 bridgehead atoms. The van der Waals surface area contributed by atoms with Gasteiger partial charge in [0.2, 0.25) is 5.91 Å². The van der Waals surface area contributed by atoms with Crippen LogP contribution in [0.1, 0.15) is 31.9 Å². The normalized spacial score (nSPS) is 14.0. The first kappa shape index (κ1) is 14.7. The molecule has 0 aromatic heterocycles. The number of benzene rings is 1. The number of amides is 1. The fourth-order valence-corrected chi connectivity index (χ4v) is 1.75. The first-order valence-corrected chi connectivity index (χ1v) is 6.54. The number of carbonyl (C=O) groups is 1. The van der Waals surface area contributed by atoms with Crippen molar-refractivity contribution in [1.29, 1.82) is 0 Å². The standard InChI is InChI=1S/C15H23NO2/c1-4-13-6-5-7-14(8-13)9-15(18)16-12(3)11(2)10-17/h5-8,11-12,17H,4,9-10H2,1-3H3,(H,16,18). The van der Waals surface area contributed by atoms with Crippen LogP contribution in [0.4, 0.5) is 0 Å². The SMILES string of the molecule is CCc1cccc(CC(=O)NC(C)C(C)CO)c1. The monoisotopic (exact) mass is 249 g/mol. The lowest BCUT2D eigenvalue weighted by molar-refractivity contribution is -0.121. The van der Waals surface area contributed by atoms with Crippen LogP contribution >= 0.6 is 0 Å². The maximum absolute atomic E-state index is 11.9. The number of hydrogen-bond acceptors (Lipinski definition) is 2. The fourth-order valence-electron chi connectivity index (χ4n) is 1.75. The summed E-state index contributed by atoms with van der Waals surface area (Å²) in [5, 5.41) is 11.9. The minimum Gasteiger partial charge on any atom is -0.396 e. The summed E-state index contributed by atoms with van der Waals surface area (Å²) >= 11 is 0. The molecule has 0 spiro atoms. The van der Waals surface area contributed by atoms with Crippen molar-refractivity contribution in [2.75, 3.05) is 6.61 Å². The van der Waals surface area contributed by atoms with Crippen LogP contribution < -0.4 is 5.32 Å². The van der Waals surface area contributed by atoms with Crippen molar-refractivity contribution in [1.82, 2.24) is 5.32 Å². The van der Waals surface area contributed by atoms with Crippen molar-refractivity contribution in [3.8, 4) is 0 Å². The molecule has 0 aliphatic rings. The average Bonchev–Trinajstić information content (AvgIpc) is 2.37. The molecule has 2 N–H and O–H groups in total. The van der Waals surface area contributed by atoms with Gasteiger partial charge in [0.1, 0.15) is 0 Å². The van der Waals surface area contributed by atoms with Crippen molar-refractivity contribution < 1.29 is 9.90 Å². The van der Waals surface area contributed by atoms with Crippen LogP contribution in [0.3, 0.4) is 0 Å². The third-order valence-corrected chi connectivity index (χ3v) is 3.29. The van der Waals surface area contributed by atoms with Gasteiger partial charge in [-0.2, -0.15) is 0 Å². The van der Waals surface area contributed by atoms with E-state index < -0.39 is 0 Å². The van der Waals surface area contributed by atoms with E-state index >= 15 is 0 Å². The molecule has 1 aromatic carbocycles. The Morgan fingerprint density at radius 1 is 1.33 bits per heavy atom. The van der Waals surface area contributed by atoms with Gasteiger partial charge in [-0.25, -0.2) is 0 Å². The molecule has 1 aromatic rings. The van der Waals surface area contributed by atoms with Gasteiger partial charge >= 0.3 is 0 Å². The lowest BCUT2D eigenvalue weighted by Crippen LogP contribution is -2.39. The van der Waals surface area contributed by atoms with Crippen molar-refractivity contribution >= 4 is 5.91 Å². The van der Waals surface area contributed by atoms with E-state index in [0.717, 1.165) is 12.0 Å². The van der Waals surface area contributed by atoms with Gasteiger partial charge in [-0.15, -0.1) is 0 Å². The van der Waals surface area contributed by atoms with E-state index in [9.17, 15) is 4.79 Å². The van der Waals surface area contributed by atoms with Crippen LogP contribution in [0.5, 0.6) is 0 Å². The molecular weight excluding hydrogens is 226 g/mol. The van der Waals surface area contributed by atoms with E-state index in [1.54, 1.807) is 0 Å². The van der Waals surface area contributed by atoms with Crippen LogP contribution in [0.15, 0.2) is 24.3 Å². The molecule has 0 saturated carbocycles. The summed E-state index contributed by atoms with van der Waals surface area (Å²) in [5.74, 6) is 0.0898. The summed E-state index contributed by atoms with van der Waals surface area (Å²) in [7, 11) is 0. The third-order valence-electron chi connectivity index (χ3n) is 3.29. The second-order valence-electron chi connectivity index (χ2n) is 4.87. The molecule has 0 saturated heterocycles. The summed E-state index contributed by atoms with van der Waals surface area (Å²) in [6, 6.07) is 8.09. The molecular formula is C15H23NO2. The van der Waals surface area contributed by atoms with Gasteiger partial charge in [0.25, 0.3) is 0 Å². The highest BCUT2D eigenvalue weighted by Gasteiger charge is 2.13. The van der Waals surface area contributed by atoms with Gasteiger partial charge in [-0.3, -0.25) is 4.79 Å². The maximum atomic E-state index is 11.9. The number of rotatable bonds is 6. The Bertz CT molecular complexity index is 390. The van der Waals surface area contributed by atoms with Crippen molar-refractivity contribution in [3.63, 3.8) is 0 Å². The van der Waals surface area contributed by atoms with Crippen LogP contribution in [0, 0.1) is 5.92 Å². The molecule has 1 amide bonds. The van der Waals surface area contributed by atoms with Crippen LogP contribution in [-0.4, -0.2) is 23.7 Å².